The molecule has 106 valence electrons. The van der Waals surface area contributed by atoms with Crippen molar-refractivity contribution < 1.29 is 4.74 Å². The number of halogens is 3. The van der Waals surface area contributed by atoms with Gasteiger partial charge in [0, 0.05) is 17.1 Å². The molecule has 2 aromatic rings. The van der Waals surface area contributed by atoms with Crippen LogP contribution < -0.4 is 10.1 Å². The highest BCUT2D eigenvalue weighted by molar-refractivity contribution is 6.42. The van der Waals surface area contributed by atoms with Gasteiger partial charge in [-0.1, -0.05) is 53.9 Å². The molecule has 0 aliphatic heterocycles. The largest absolute Gasteiger partial charge is 0.455 e. The monoisotopic (exact) mass is 329 g/mol. The van der Waals surface area contributed by atoms with E-state index in [-0.39, 0.29) is 0 Å². The van der Waals surface area contributed by atoms with Crippen molar-refractivity contribution in [1.82, 2.24) is 5.32 Å². The van der Waals surface area contributed by atoms with Gasteiger partial charge in [0.05, 0.1) is 5.02 Å². The molecule has 0 amide bonds. The van der Waals surface area contributed by atoms with Crippen LogP contribution in [-0.4, -0.2) is 6.54 Å². The summed E-state index contributed by atoms with van der Waals surface area (Å²) in [5.74, 6) is 1.18. The number of hydrogen-bond acceptors (Lipinski definition) is 2. The Morgan fingerprint density at radius 1 is 0.950 bits per heavy atom. The van der Waals surface area contributed by atoms with Crippen LogP contribution in [0.25, 0.3) is 0 Å². The van der Waals surface area contributed by atoms with Gasteiger partial charge >= 0.3 is 0 Å². The molecule has 0 saturated heterocycles. The first-order chi connectivity index (χ1) is 9.63. The Labute approximate surface area is 133 Å². The third-order valence-electron chi connectivity index (χ3n) is 2.76. The minimum Gasteiger partial charge on any atom is -0.455 e. The van der Waals surface area contributed by atoms with Crippen LogP contribution in [0.3, 0.4) is 0 Å². The molecule has 20 heavy (non-hydrogen) atoms. The van der Waals surface area contributed by atoms with Crippen molar-refractivity contribution in [1.29, 1.82) is 0 Å². The van der Waals surface area contributed by atoms with Gasteiger partial charge in [-0.2, -0.15) is 0 Å². The molecule has 0 spiro atoms. The topological polar surface area (TPSA) is 21.3 Å². The molecule has 0 unspecified atom stereocenters. The van der Waals surface area contributed by atoms with Crippen LogP contribution in [-0.2, 0) is 6.54 Å². The van der Waals surface area contributed by atoms with Gasteiger partial charge in [-0.3, -0.25) is 0 Å². The van der Waals surface area contributed by atoms with Gasteiger partial charge in [-0.05, 0) is 30.8 Å². The molecule has 2 nitrogen and oxygen atoms in total. The van der Waals surface area contributed by atoms with Gasteiger partial charge in [0.25, 0.3) is 0 Å². The van der Waals surface area contributed by atoms with Crippen LogP contribution in [0.1, 0.15) is 12.5 Å². The van der Waals surface area contributed by atoms with Gasteiger partial charge in [0.15, 0.2) is 0 Å². The maximum atomic E-state index is 6.22. The molecule has 0 aromatic heterocycles. The molecule has 0 heterocycles. The summed E-state index contributed by atoms with van der Waals surface area (Å²) in [7, 11) is 0. The molecular formula is C15H14Cl3NO. The van der Waals surface area contributed by atoms with Crippen LogP contribution in [0.5, 0.6) is 11.5 Å². The second-order valence-corrected chi connectivity index (χ2v) is 5.34. The molecule has 0 bridgehead atoms. The maximum Gasteiger partial charge on any atom is 0.147 e. The zero-order valence-corrected chi connectivity index (χ0v) is 13.2. The van der Waals surface area contributed by atoms with Gasteiger partial charge in [0.1, 0.15) is 16.5 Å². The fourth-order valence-corrected chi connectivity index (χ4v) is 2.30. The summed E-state index contributed by atoms with van der Waals surface area (Å²) in [6, 6.07) is 10.8. The van der Waals surface area contributed by atoms with Crippen LogP contribution in [0, 0.1) is 0 Å². The standard InChI is InChI=1S/C15H14Cl3NO/c1-2-19-9-10-11(16)5-3-7-13(10)20-14-8-4-6-12(17)15(14)18/h3-8,19H,2,9H2,1H3. The van der Waals surface area contributed by atoms with E-state index in [1.165, 1.54) is 0 Å². The maximum absolute atomic E-state index is 6.22. The van der Waals surface area contributed by atoms with E-state index >= 15 is 0 Å². The van der Waals surface area contributed by atoms with Crippen molar-refractivity contribution in [3.63, 3.8) is 0 Å². The minimum absolute atomic E-state index is 0.392. The van der Waals surface area contributed by atoms with Crippen LogP contribution >= 0.6 is 34.8 Å². The smallest absolute Gasteiger partial charge is 0.147 e. The number of hydrogen-bond donors (Lipinski definition) is 1. The highest BCUT2D eigenvalue weighted by Crippen LogP contribution is 2.37. The zero-order chi connectivity index (χ0) is 14.5. The fraction of sp³-hybridized carbons (Fsp3) is 0.200. The van der Waals surface area contributed by atoms with Crippen molar-refractivity contribution >= 4 is 34.8 Å². The minimum atomic E-state index is 0.392. The Balaban J connectivity index is 2.33. The molecule has 0 aliphatic carbocycles. The Morgan fingerprint density at radius 3 is 2.30 bits per heavy atom. The molecule has 0 saturated carbocycles. The van der Waals surface area contributed by atoms with Gasteiger partial charge < -0.3 is 10.1 Å². The predicted octanol–water partition coefficient (Wildman–Crippen LogP) is 5.55. The summed E-state index contributed by atoms with van der Waals surface area (Å²) >= 11 is 18.3. The highest BCUT2D eigenvalue weighted by atomic mass is 35.5. The quantitative estimate of drug-likeness (QED) is 0.776. The van der Waals surface area contributed by atoms with Crippen LogP contribution in [0.15, 0.2) is 36.4 Å². The van der Waals surface area contributed by atoms with E-state index in [0.29, 0.717) is 33.1 Å². The van der Waals surface area contributed by atoms with Gasteiger partial charge in [-0.15, -0.1) is 0 Å². The molecular weight excluding hydrogens is 317 g/mol. The Morgan fingerprint density at radius 2 is 1.60 bits per heavy atom. The first-order valence-electron chi connectivity index (χ1n) is 6.23. The van der Waals surface area contributed by atoms with E-state index in [0.717, 1.165) is 12.1 Å². The molecule has 0 radical (unpaired) electrons. The summed E-state index contributed by atoms with van der Waals surface area (Å²) < 4.78 is 5.86. The lowest BCUT2D eigenvalue weighted by molar-refractivity contribution is 0.473. The highest BCUT2D eigenvalue weighted by Gasteiger charge is 2.11. The molecule has 1 N–H and O–H groups in total. The van der Waals surface area contributed by atoms with Crippen molar-refractivity contribution in [2.45, 2.75) is 13.5 Å². The van der Waals surface area contributed by atoms with E-state index in [9.17, 15) is 0 Å². The van der Waals surface area contributed by atoms with Crippen LogP contribution in [0.2, 0.25) is 15.1 Å². The van der Waals surface area contributed by atoms with E-state index < -0.39 is 0 Å². The SMILES string of the molecule is CCNCc1c(Cl)cccc1Oc1cccc(Cl)c1Cl. The van der Waals surface area contributed by atoms with Crippen LogP contribution in [0.4, 0.5) is 0 Å². The third kappa shape index (κ3) is 3.58. The van der Waals surface area contributed by atoms with E-state index in [1.807, 2.05) is 25.1 Å². The molecule has 0 fully saturated rings. The van der Waals surface area contributed by atoms with Crippen molar-refractivity contribution in [3.05, 3.63) is 57.0 Å². The third-order valence-corrected chi connectivity index (χ3v) is 3.92. The molecule has 2 rings (SSSR count). The number of nitrogens with one attached hydrogen (secondary N) is 1. The summed E-state index contributed by atoms with van der Waals surface area (Å²) in [6.07, 6.45) is 0. The molecule has 0 atom stereocenters. The Kier molecular flexibility index (Phi) is 5.55. The Bertz CT molecular complexity index is 602. The second-order valence-electron chi connectivity index (χ2n) is 4.15. The molecule has 2 aromatic carbocycles. The molecule has 5 heteroatoms. The summed E-state index contributed by atoms with van der Waals surface area (Å²) in [5.41, 5.74) is 0.895. The first kappa shape index (κ1) is 15.5. The number of ether oxygens (including phenoxy) is 1. The van der Waals surface area contributed by atoms with Gasteiger partial charge in [0.2, 0.25) is 0 Å². The lowest BCUT2D eigenvalue weighted by Crippen LogP contribution is -2.12. The van der Waals surface area contributed by atoms with Crippen molar-refractivity contribution in [2.24, 2.45) is 0 Å². The normalized spacial score (nSPS) is 10.6. The lowest BCUT2D eigenvalue weighted by Gasteiger charge is -2.14. The van der Waals surface area contributed by atoms with E-state index in [2.05, 4.69) is 5.32 Å². The summed E-state index contributed by atoms with van der Waals surface area (Å²) in [6.45, 7) is 3.51. The number of rotatable bonds is 5. The predicted molar refractivity (Wildman–Crippen MR) is 85.4 cm³/mol. The average molecular weight is 331 g/mol. The molecule has 0 aliphatic rings. The fourth-order valence-electron chi connectivity index (χ4n) is 1.74. The van der Waals surface area contributed by atoms with E-state index in [4.69, 9.17) is 39.5 Å². The van der Waals surface area contributed by atoms with E-state index in [1.54, 1.807) is 18.2 Å². The Hall–Kier alpha value is -0.930. The van der Waals surface area contributed by atoms with Crippen molar-refractivity contribution in [2.75, 3.05) is 6.54 Å². The van der Waals surface area contributed by atoms with Crippen molar-refractivity contribution in [3.8, 4) is 11.5 Å². The summed E-state index contributed by atoms with van der Waals surface area (Å²) in [4.78, 5) is 0. The average Bonchev–Trinajstić information content (AvgIpc) is 2.43. The van der Waals surface area contributed by atoms with Gasteiger partial charge in [-0.25, -0.2) is 0 Å². The first-order valence-corrected chi connectivity index (χ1v) is 7.36. The summed E-state index contributed by atoms with van der Waals surface area (Å²) in [5, 5.41) is 4.74. The zero-order valence-electron chi connectivity index (χ0n) is 10.9. The number of benzene rings is 2. The second kappa shape index (κ2) is 7.19. The lowest BCUT2D eigenvalue weighted by atomic mass is 10.2.